The van der Waals surface area contributed by atoms with Crippen LogP contribution in [0.4, 0.5) is 0 Å². The average Bonchev–Trinajstić information content (AvgIpc) is 3.02. The van der Waals surface area contributed by atoms with E-state index in [0.717, 1.165) is 27.9 Å². The molecule has 0 unspecified atom stereocenters. The molecule has 0 aliphatic carbocycles. The lowest BCUT2D eigenvalue weighted by atomic mass is 10.2. The Morgan fingerprint density at radius 3 is 2.87 bits per heavy atom. The van der Waals surface area contributed by atoms with Crippen LogP contribution in [0.5, 0.6) is 5.75 Å². The van der Waals surface area contributed by atoms with E-state index in [-0.39, 0.29) is 5.91 Å². The highest BCUT2D eigenvalue weighted by Gasteiger charge is 2.05. The van der Waals surface area contributed by atoms with Gasteiger partial charge in [-0.25, -0.2) is 0 Å². The number of hydrogen-bond acceptors (Lipinski definition) is 5. The monoisotopic (exact) mass is 327 g/mol. The third kappa shape index (κ3) is 4.04. The quantitative estimate of drug-likeness (QED) is 0.755. The molecule has 23 heavy (non-hydrogen) atoms. The first kappa shape index (κ1) is 15.4. The minimum absolute atomic E-state index is 0.0323. The van der Waals surface area contributed by atoms with Crippen LogP contribution in [-0.2, 0) is 11.3 Å². The number of nitrogens with one attached hydrogen (secondary N) is 1. The molecule has 0 saturated heterocycles. The number of para-hydroxylation sites is 1. The Labute approximate surface area is 138 Å². The van der Waals surface area contributed by atoms with Crippen LogP contribution < -0.4 is 10.1 Å². The van der Waals surface area contributed by atoms with Crippen LogP contribution in [-0.4, -0.2) is 21.3 Å². The van der Waals surface area contributed by atoms with Crippen molar-refractivity contribution in [1.82, 2.24) is 14.1 Å². The summed E-state index contributed by atoms with van der Waals surface area (Å²) in [6.45, 7) is 2.83. The fraction of sp³-hybridized carbons (Fsp3) is 0.235. The normalized spacial score (nSPS) is 10.7. The van der Waals surface area contributed by atoms with E-state index >= 15 is 0 Å². The molecule has 2 aromatic carbocycles. The first-order valence-corrected chi connectivity index (χ1v) is 8.12. The highest BCUT2D eigenvalue weighted by atomic mass is 32.1. The van der Waals surface area contributed by atoms with E-state index in [0.29, 0.717) is 19.6 Å². The van der Waals surface area contributed by atoms with Crippen molar-refractivity contribution in [1.29, 1.82) is 0 Å². The van der Waals surface area contributed by atoms with E-state index in [9.17, 15) is 4.79 Å². The van der Waals surface area contributed by atoms with Gasteiger partial charge < -0.3 is 10.1 Å². The fourth-order valence-electron chi connectivity index (χ4n) is 2.20. The molecule has 6 heteroatoms. The first-order chi connectivity index (χ1) is 11.2. The number of nitrogens with zero attached hydrogens (tertiary/aromatic N) is 2. The Morgan fingerprint density at radius 1 is 1.17 bits per heavy atom. The largest absolute Gasteiger partial charge is 0.493 e. The molecular formula is C17H17N3O2S. The molecule has 5 nitrogen and oxygen atoms in total. The van der Waals surface area contributed by atoms with Gasteiger partial charge in [-0.15, -0.1) is 0 Å². The Hall–Kier alpha value is -2.47. The number of rotatable bonds is 6. The Kier molecular flexibility index (Phi) is 4.83. The SMILES string of the molecule is Cc1ccccc1OCCC(=O)NCc1ccc2nsnc2c1. The second-order valence-corrected chi connectivity index (χ2v) is 5.76. The molecule has 3 rings (SSSR count). The third-order valence-electron chi connectivity index (χ3n) is 3.49. The van der Waals surface area contributed by atoms with Gasteiger partial charge in [-0.1, -0.05) is 24.3 Å². The average molecular weight is 327 g/mol. The number of hydrogen-bond donors (Lipinski definition) is 1. The summed E-state index contributed by atoms with van der Waals surface area (Å²) in [6, 6.07) is 13.6. The van der Waals surface area contributed by atoms with Crippen LogP contribution in [0, 0.1) is 6.92 Å². The number of aryl methyl sites for hydroxylation is 1. The van der Waals surface area contributed by atoms with E-state index in [1.54, 1.807) is 0 Å². The smallest absolute Gasteiger partial charge is 0.223 e. The first-order valence-electron chi connectivity index (χ1n) is 7.39. The summed E-state index contributed by atoms with van der Waals surface area (Å²) in [5.41, 5.74) is 3.83. The minimum Gasteiger partial charge on any atom is -0.493 e. The molecule has 0 aliphatic heterocycles. The molecule has 118 valence electrons. The van der Waals surface area contributed by atoms with E-state index in [4.69, 9.17) is 4.74 Å². The van der Waals surface area contributed by atoms with Crippen LogP contribution in [0.25, 0.3) is 11.0 Å². The maximum absolute atomic E-state index is 11.9. The summed E-state index contributed by atoms with van der Waals surface area (Å²) < 4.78 is 14.0. The summed E-state index contributed by atoms with van der Waals surface area (Å²) in [7, 11) is 0. The van der Waals surface area contributed by atoms with Gasteiger partial charge in [0.1, 0.15) is 16.8 Å². The number of carbonyl (C=O) groups excluding carboxylic acids is 1. The molecule has 0 fully saturated rings. The standard InChI is InChI=1S/C17H17N3O2S/c1-12-4-2-3-5-16(12)22-9-8-17(21)18-11-13-6-7-14-15(10-13)20-23-19-14/h2-7,10H,8-9,11H2,1H3,(H,18,21). The third-order valence-corrected chi connectivity index (χ3v) is 4.04. The zero-order valence-corrected chi connectivity index (χ0v) is 13.6. The molecule has 0 radical (unpaired) electrons. The predicted molar refractivity (Wildman–Crippen MR) is 90.6 cm³/mol. The molecule has 1 heterocycles. The van der Waals surface area contributed by atoms with Gasteiger partial charge in [-0.05, 0) is 36.2 Å². The van der Waals surface area contributed by atoms with Crippen LogP contribution >= 0.6 is 11.7 Å². The summed E-state index contributed by atoms with van der Waals surface area (Å²) in [4.78, 5) is 11.9. The van der Waals surface area contributed by atoms with Gasteiger partial charge in [0, 0.05) is 6.54 Å². The zero-order valence-electron chi connectivity index (χ0n) is 12.8. The lowest BCUT2D eigenvalue weighted by Gasteiger charge is -2.09. The lowest BCUT2D eigenvalue weighted by Crippen LogP contribution is -2.24. The number of ether oxygens (including phenoxy) is 1. The Balaban J connectivity index is 1.45. The van der Waals surface area contributed by atoms with E-state index in [2.05, 4.69) is 14.1 Å². The van der Waals surface area contributed by atoms with Crippen LogP contribution in [0.15, 0.2) is 42.5 Å². The topological polar surface area (TPSA) is 64.1 Å². The van der Waals surface area contributed by atoms with Gasteiger partial charge in [-0.3, -0.25) is 4.79 Å². The number of fused-ring (bicyclic) bond motifs is 1. The molecule has 0 saturated carbocycles. The van der Waals surface area contributed by atoms with Crippen molar-refractivity contribution in [3.05, 3.63) is 53.6 Å². The summed E-state index contributed by atoms with van der Waals surface area (Å²) in [5.74, 6) is 0.789. The van der Waals surface area contributed by atoms with Gasteiger partial charge in [0.25, 0.3) is 0 Å². The van der Waals surface area contributed by atoms with Crippen molar-refractivity contribution in [2.75, 3.05) is 6.61 Å². The molecule has 0 bridgehead atoms. The molecule has 0 atom stereocenters. The van der Waals surface area contributed by atoms with E-state index in [1.165, 1.54) is 11.7 Å². The maximum atomic E-state index is 11.9. The van der Waals surface area contributed by atoms with Gasteiger partial charge in [-0.2, -0.15) is 8.75 Å². The van der Waals surface area contributed by atoms with Gasteiger partial charge in [0.05, 0.1) is 24.8 Å². The minimum atomic E-state index is -0.0323. The van der Waals surface area contributed by atoms with Crippen molar-refractivity contribution >= 4 is 28.7 Å². The molecule has 0 spiro atoms. The highest BCUT2D eigenvalue weighted by molar-refractivity contribution is 7.00. The van der Waals surface area contributed by atoms with Gasteiger partial charge in [0.2, 0.25) is 5.91 Å². The van der Waals surface area contributed by atoms with Crippen LogP contribution in [0.2, 0.25) is 0 Å². The summed E-state index contributed by atoms with van der Waals surface area (Å²) >= 11 is 1.19. The number of carbonyl (C=O) groups is 1. The lowest BCUT2D eigenvalue weighted by molar-refractivity contribution is -0.121. The number of aromatic nitrogens is 2. The van der Waals surface area contributed by atoms with Crippen molar-refractivity contribution in [3.63, 3.8) is 0 Å². The Morgan fingerprint density at radius 2 is 2.00 bits per heavy atom. The highest BCUT2D eigenvalue weighted by Crippen LogP contribution is 2.16. The molecule has 0 aliphatic rings. The van der Waals surface area contributed by atoms with Crippen molar-refractivity contribution < 1.29 is 9.53 Å². The summed E-state index contributed by atoms with van der Waals surface area (Å²) in [6.07, 6.45) is 0.328. The van der Waals surface area contributed by atoms with Crippen molar-refractivity contribution in [3.8, 4) is 5.75 Å². The predicted octanol–water partition coefficient (Wildman–Crippen LogP) is 3.09. The summed E-state index contributed by atoms with van der Waals surface area (Å²) in [5, 5.41) is 2.89. The van der Waals surface area contributed by atoms with Gasteiger partial charge in [0.15, 0.2) is 0 Å². The Bertz CT molecular complexity index is 816. The maximum Gasteiger partial charge on any atom is 0.223 e. The number of amides is 1. The molecule has 1 amide bonds. The number of benzene rings is 2. The zero-order chi connectivity index (χ0) is 16.1. The molecule has 3 aromatic rings. The molecule has 1 N–H and O–H groups in total. The van der Waals surface area contributed by atoms with Gasteiger partial charge >= 0.3 is 0 Å². The van der Waals surface area contributed by atoms with Crippen LogP contribution in [0.1, 0.15) is 17.5 Å². The molecule has 1 aromatic heterocycles. The van der Waals surface area contributed by atoms with E-state index in [1.807, 2.05) is 49.4 Å². The van der Waals surface area contributed by atoms with E-state index < -0.39 is 0 Å². The second-order valence-electron chi connectivity index (χ2n) is 5.23. The van der Waals surface area contributed by atoms with Crippen molar-refractivity contribution in [2.45, 2.75) is 19.9 Å². The fourth-order valence-corrected chi connectivity index (χ4v) is 2.72. The second kappa shape index (κ2) is 7.19. The molecular weight excluding hydrogens is 310 g/mol. The van der Waals surface area contributed by atoms with Crippen LogP contribution in [0.3, 0.4) is 0 Å². The van der Waals surface area contributed by atoms with Crippen molar-refractivity contribution in [2.24, 2.45) is 0 Å².